The van der Waals surface area contributed by atoms with Gasteiger partial charge in [-0.15, -0.1) is 0 Å². The van der Waals surface area contributed by atoms with Crippen LogP contribution in [0, 0.1) is 30.6 Å². The minimum absolute atomic E-state index is 0.0559. The number of carbonyl (C=O) groups is 3. The van der Waals surface area contributed by atoms with E-state index in [1.807, 2.05) is 7.05 Å². The van der Waals surface area contributed by atoms with E-state index in [1.165, 1.54) is 59.4 Å². The lowest BCUT2D eigenvalue weighted by Gasteiger charge is -2.38. The van der Waals surface area contributed by atoms with Crippen molar-refractivity contribution in [1.82, 2.24) is 9.91 Å². The van der Waals surface area contributed by atoms with Crippen molar-refractivity contribution in [3.05, 3.63) is 52.8 Å². The summed E-state index contributed by atoms with van der Waals surface area (Å²) in [6.45, 7) is 15.1. The number of hydrazone groups is 1. The predicted molar refractivity (Wildman–Crippen MR) is 220 cm³/mol. The fraction of sp³-hybridized carbons (Fsp3) is 0.535. The number of aliphatic hydroxyl groups excluding tert-OH is 2. The van der Waals surface area contributed by atoms with Gasteiger partial charge >= 0.3 is 11.8 Å². The SMILES string of the molecule is COC1/C=C/OC2(C)Oc3c(C)c(O)c4c(O)c(c(/C=N\N5CCN(C)CC5)c(O)c4c3C2=O)NC(=O)/C(C)=C\C=C\C(C)C(O)C(C)C(O)C(C)C(OC(C)=O)C1C. The Kier molecular flexibility index (Phi) is 13.7. The van der Waals surface area contributed by atoms with Crippen LogP contribution in [-0.4, -0.2) is 130 Å². The van der Waals surface area contributed by atoms with Gasteiger partial charge in [0.2, 0.25) is 0 Å². The molecule has 0 saturated carbocycles. The van der Waals surface area contributed by atoms with Crippen LogP contribution < -0.4 is 10.1 Å². The molecule has 1 saturated heterocycles. The number of anilines is 1. The van der Waals surface area contributed by atoms with E-state index < -0.39 is 88.8 Å². The van der Waals surface area contributed by atoms with Crippen LogP contribution >= 0.6 is 0 Å². The summed E-state index contributed by atoms with van der Waals surface area (Å²) < 4.78 is 23.6. The minimum atomic E-state index is -2.04. The summed E-state index contributed by atoms with van der Waals surface area (Å²) in [5.74, 6) is -8.34. The molecule has 16 heteroatoms. The first kappa shape index (κ1) is 44.9. The summed E-state index contributed by atoms with van der Waals surface area (Å²) in [4.78, 5) is 42.6. The van der Waals surface area contributed by atoms with Crippen molar-refractivity contribution in [2.24, 2.45) is 28.8 Å². The number of methoxy groups -OCH3 is 1. The summed E-state index contributed by atoms with van der Waals surface area (Å²) in [7, 11) is 3.42. The predicted octanol–water partition coefficient (Wildman–Crippen LogP) is 4.34. The highest BCUT2D eigenvalue weighted by molar-refractivity contribution is 6.23. The number of allylic oxidation sites excluding steroid dienone is 2. The molecule has 6 rings (SSSR count). The molecule has 2 aromatic rings. The van der Waals surface area contributed by atoms with Crippen molar-refractivity contribution < 1.29 is 58.9 Å². The van der Waals surface area contributed by atoms with E-state index in [0.717, 1.165) is 13.1 Å². The second-order valence-electron chi connectivity index (χ2n) is 16.1. The van der Waals surface area contributed by atoms with Crippen molar-refractivity contribution in [3.63, 3.8) is 0 Å². The molecule has 1 amide bonds. The number of hydrogen-bond donors (Lipinski definition) is 6. The molecule has 322 valence electrons. The lowest BCUT2D eigenvalue weighted by Crippen LogP contribution is -2.46. The van der Waals surface area contributed by atoms with Crippen LogP contribution in [0.25, 0.3) is 10.8 Å². The van der Waals surface area contributed by atoms with E-state index in [2.05, 4.69) is 15.3 Å². The number of benzene rings is 2. The Labute approximate surface area is 344 Å². The Hall–Kier alpha value is -5.16. The van der Waals surface area contributed by atoms with Crippen molar-refractivity contribution in [3.8, 4) is 23.0 Å². The molecular formula is C43H58N4O12. The van der Waals surface area contributed by atoms with Gasteiger partial charge in [-0.1, -0.05) is 45.9 Å². The second-order valence-corrected chi connectivity index (χ2v) is 16.1. The number of aliphatic hydroxyl groups is 2. The number of ether oxygens (including phenoxy) is 4. The van der Waals surface area contributed by atoms with Crippen LogP contribution in [0.15, 0.2) is 41.2 Å². The van der Waals surface area contributed by atoms with Gasteiger partial charge in [-0.2, -0.15) is 5.10 Å². The Morgan fingerprint density at radius 3 is 2.24 bits per heavy atom. The van der Waals surface area contributed by atoms with Crippen LogP contribution in [0.4, 0.5) is 5.69 Å². The van der Waals surface area contributed by atoms with Gasteiger partial charge in [-0.3, -0.25) is 19.4 Å². The zero-order valence-corrected chi connectivity index (χ0v) is 35.3. The van der Waals surface area contributed by atoms with Gasteiger partial charge in [-0.25, -0.2) is 0 Å². The van der Waals surface area contributed by atoms with E-state index in [0.29, 0.717) is 13.1 Å². The monoisotopic (exact) mass is 822 g/mol. The molecule has 0 radical (unpaired) electrons. The Bertz CT molecular complexity index is 2070. The number of esters is 1. The molecule has 4 aliphatic heterocycles. The lowest BCUT2D eigenvalue weighted by atomic mass is 9.78. The summed E-state index contributed by atoms with van der Waals surface area (Å²) in [5.41, 5.74) is -0.350. The summed E-state index contributed by atoms with van der Waals surface area (Å²) in [6, 6.07) is 0. The first-order valence-corrected chi connectivity index (χ1v) is 19.8. The zero-order valence-electron chi connectivity index (χ0n) is 35.3. The molecule has 9 atom stereocenters. The minimum Gasteiger partial charge on any atom is -0.507 e. The lowest BCUT2D eigenvalue weighted by molar-refractivity contribution is -0.160. The largest absolute Gasteiger partial charge is 0.507 e. The van der Waals surface area contributed by atoms with Gasteiger partial charge in [0.15, 0.2) is 5.75 Å². The maximum absolute atomic E-state index is 14.4. The van der Waals surface area contributed by atoms with Crippen molar-refractivity contribution in [2.75, 3.05) is 45.7 Å². The van der Waals surface area contributed by atoms with Crippen molar-refractivity contribution in [1.29, 1.82) is 0 Å². The van der Waals surface area contributed by atoms with E-state index in [-0.39, 0.29) is 44.5 Å². The van der Waals surface area contributed by atoms with Gasteiger partial charge in [0.05, 0.1) is 53.0 Å². The number of aromatic hydroxyl groups is 3. The third kappa shape index (κ3) is 8.91. The molecule has 59 heavy (non-hydrogen) atoms. The number of fused-ring (bicyclic) bond motifs is 14. The molecule has 0 aromatic heterocycles. The number of phenols is 3. The van der Waals surface area contributed by atoms with Gasteiger partial charge in [-0.05, 0) is 27.0 Å². The van der Waals surface area contributed by atoms with Crippen LogP contribution in [0.2, 0.25) is 0 Å². The third-order valence-corrected chi connectivity index (χ3v) is 11.9. The van der Waals surface area contributed by atoms with Gasteiger partial charge in [0.1, 0.15) is 23.4 Å². The third-order valence-electron chi connectivity index (χ3n) is 11.9. The molecule has 16 nitrogen and oxygen atoms in total. The van der Waals surface area contributed by atoms with Crippen molar-refractivity contribution >= 4 is 40.3 Å². The molecule has 1 fully saturated rings. The average Bonchev–Trinajstić information content (AvgIpc) is 3.46. The quantitative estimate of drug-likeness (QED) is 0.109. The number of piperazine rings is 1. The topological polar surface area (TPSA) is 220 Å². The van der Waals surface area contributed by atoms with Crippen LogP contribution in [-0.2, 0) is 23.8 Å². The van der Waals surface area contributed by atoms with Gasteiger partial charge < -0.3 is 54.7 Å². The van der Waals surface area contributed by atoms with Gasteiger partial charge in [0, 0.05) is 87.3 Å². The number of hydrogen-bond acceptors (Lipinski definition) is 15. The summed E-state index contributed by atoms with van der Waals surface area (Å²) in [5, 5.41) is 66.8. The molecule has 0 spiro atoms. The number of amides is 1. The first-order valence-electron chi connectivity index (χ1n) is 19.8. The maximum atomic E-state index is 14.4. The number of rotatable bonds is 4. The Morgan fingerprint density at radius 2 is 1.61 bits per heavy atom. The normalized spacial score (nSPS) is 32.1. The van der Waals surface area contributed by atoms with Crippen LogP contribution in [0.5, 0.6) is 23.0 Å². The molecule has 4 aliphatic rings. The van der Waals surface area contributed by atoms with E-state index in [1.54, 1.807) is 44.9 Å². The summed E-state index contributed by atoms with van der Waals surface area (Å²) >= 11 is 0. The van der Waals surface area contributed by atoms with Crippen LogP contribution in [0.3, 0.4) is 0 Å². The summed E-state index contributed by atoms with van der Waals surface area (Å²) in [6.07, 6.45) is 4.86. The number of nitrogens with zero attached hydrogens (tertiary/aromatic N) is 3. The Balaban J connectivity index is 1.70. The van der Waals surface area contributed by atoms with Crippen LogP contribution in [0.1, 0.15) is 70.0 Å². The molecule has 6 N–H and O–H groups in total. The van der Waals surface area contributed by atoms with E-state index in [9.17, 15) is 39.9 Å². The molecule has 9 unspecified atom stereocenters. The number of carbonyl (C=O) groups excluding carboxylic acids is 3. The zero-order chi connectivity index (χ0) is 43.7. The number of Topliss-reactive ketones (excluding diaryl/α,β-unsaturated/α-hetero) is 1. The number of phenolic OH excluding ortho intramolecular Hbond substituents is 3. The number of likely N-dealkylation sites (N-methyl/N-ethyl adjacent to an activating group) is 1. The fourth-order valence-corrected chi connectivity index (χ4v) is 7.92. The second kappa shape index (κ2) is 18.0. The van der Waals surface area contributed by atoms with E-state index >= 15 is 0 Å². The van der Waals surface area contributed by atoms with E-state index in [4.69, 9.17) is 18.9 Å². The first-order chi connectivity index (χ1) is 27.7. The molecule has 5 bridgehead atoms. The molecule has 4 heterocycles. The number of nitrogens with one attached hydrogen (secondary N) is 1. The highest BCUT2D eigenvalue weighted by atomic mass is 16.7. The smallest absolute Gasteiger partial charge is 0.312 e. The van der Waals surface area contributed by atoms with Gasteiger partial charge in [0.25, 0.3) is 11.7 Å². The van der Waals surface area contributed by atoms with Crippen molar-refractivity contribution in [2.45, 2.75) is 85.6 Å². The standard InChI is InChI=1S/C43H58N4O12/c1-21-12-11-13-22(2)42(55)45-33-28(20-44-47-17-15-46(9)16-18-47)37(52)30-31(38(33)53)36(51)26(6)40-32(30)41(54)43(8,59-40)57-19-14-29(56-10)23(3)39(58-27(7)48)25(5)35(50)24(4)34(21)49/h11-14,19-21,23-25,29,34-35,39,49-53H,15-18H2,1-10H3,(H,45,55)/b12-11+,19-14+,22-13-,44-20-. The highest BCUT2D eigenvalue weighted by Gasteiger charge is 2.50. The number of ketones is 1. The maximum Gasteiger partial charge on any atom is 0.312 e. The highest BCUT2D eigenvalue weighted by Crippen LogP contribution is 2.55. The Morgan fingerprint density at radius 1 is 0.949 bits per heavy atom. The fourth-order valence-electron chi connectivity index (χ4n) is 7.92. The molecule has 2 aromatic carbocycles. The molecular weight excluding hydrogens is 764 g/mol. The molecule has 0 aliphatic carbocycles. The average molecular weight is 823 g/mol.